The molecule has 0 radical (unpaired) electrons. The monoisotopic (exact) mass is 819 g/mol. The Morgan fingerprint density at radius 2 is 0.828 bits per heavy atom. The van der Waals surface area contributed by atoms with Gasteiger partial charge in [-0.05, 0) is 52.6 Å². The summed E-state index contributed by atoms with van der Waals surface area (Å²) in [5, 5.41) is 0. The number of amides is 1. The van der Waals surface area contributed by atoms with Gasteiger partial charge in [-0.1, -0.05) is 214 Å². The molecule has 0 aromatic heterocycles. The van der Waals surface area contributed by atoms with E-state index < -0.39 is 0 Å². The Balaban J connectivity index is 5.39. The first-order valence-electron chi connectivity index (χ1n) is 25.9. The second-order valence-electron chi connectivity index (χ2n) is 18.3. The minimum Gasteiger partial charge on any atom is -0.464 e. The van der Waals surface area contributed by atoms with Crippen molar-refractivity contribution in [2.75, 3.05) is 33.3 Å². The summed E-state index contributed by atoms with van der Waals surface area (Å²) >= 11 is 0. The molecule has 0 heterocycles. The van der Waals surface area contributed by atoms with E-state index in [1.165, 1.54) is 154 Å². The normalized spacial score (nSPS) is 12.2. The number of nitrogens with zero attached hydrogens (tertiary/aromatic N) is 2. The molecule has 1 amide bonds. The third-order valence-corrected chi connectivity index (χ3v) is 12.9. The fourth-order valence-corrected chi connectivity index (χ4v) is 8.47. The Hall–Kier alpha value is -1.43. The Morgan fingerprint density at radius 3 is 1.21 bits per heavy atom. The van der Waals surface area contributed by atoms with Gasteiger partial charge in [0.2, 0.25) is 5.91 Å². The second kappa shape index (κ2) is 42.3. The molecular weight excluding hydrogens is 717 g/mol. The van der Waals surface area contributed by atoms with E-state index >= 15 is 0 Å². The van der Waals surface area contributed by atoms with Crippen molar-refractivity contribution in [2.24, 2.45) is 11.8 Å². The number of unbranched alkanes of at least 4 members (excludes halogenated alkanes) is 24. The molecule has 0 saturated carbocycles. The van der Waals surface area contributed by atoms with Gasteiger partial charge in [-0.2, -0.15) is 0 Å². The van der Waals surface area contributed by atoms with E-state index in [9.17, 15) is 14.4 Å². The van der Waals surface area contributed by atoms with Crippen LogP contribution < -0.4 is 0 Å². The van der Waals surface area contributed by atoms with Crippen molar-refractivity contribution in [3.05, 3.63) is 0 Å². The van der Waals surface area contributed by atoms with Crippen LogP contribution in [0.15, 0.2) is 0 Å². The highest BCUT2D eigenvalue weighted by molar-refractivity contribution is 5.81. The fourth-order valence-electron chi connectivity index (χ4n) is 8.47. The lowest BCUT2D eigenvalue weighted by Gasteiger charge is -2.28. The Bertz CT molecular complexity index is 831. The zero-order valence-corrected chi connectivity index (χ0v) is 40.3. The van der Waals surface area contributed by atoms with Crippen LogP contribution in [0.4, 0.5) is 0 Å². The number of hydrogen-bond acceptors (Lipinski definition) is 5. The average molecular weight is 819 g/mol. The van der Waals surface area contributed by atoms with E-state index in [2.05, 4.69) is 53.5 Å². The lowest BCUT2D eigenvalue weighted by molar-refractivity contribution is -0.151. The Morgan fingerprint density at radius 1 is 0.466 bits per heavy atom. The zero-order valence-electron chi connectivity index (χ0n) is 40.3. The zero-order chi connectivity index (χ0) is 42.9. The van der Waals surface area contributed by atoms with Crippen molar-refractivity contribution in [3.8, 4) is 0 Å². The number of rotatable bonds is 45. The van der Waals surface area contributed by atoms with Crippen LogP contribution in [0.1, 0.15) is 266 Å². The van der Waals surface area contributed by atoms with Crippen LogP contribution in [0.5, 0.6) is 0 Å². The highest BCUT2D eigenvalue weighted by atomic mass is 16.5. The first-order valence-corrected chi connectivity index (χ1v) is 25.9. The van der Waals surface area contributed by atoms with Gasteiger partial charge in [0.25, 0.3) is 0 Å². The van der Waals surface area contributed by atoms with Crippen LogP contribution >= 0.6 is 0 Å². The van der Waals surface area contributed by atoms with E-state index in [4.69, 9.17) is 4.74 Å². The standard InChI is InChI=1S/C52H102N2O4/c1-8-13-17-21-25-29-33-38-48(39-34-30-26-22-18-14-9-2)50(55)42-37-43-54(51(56)46-47(6)53(7)12-5)44-45-58-52(57)49(40-35-31-27-23-19-15-10-3)41-36-32-28-24-20-16-11-4/h47-49H,8-46H2,1-7H3. The van der Waals surface area contributed by atoms with Gasteiger partial charge in [-0.25, -0.2) is 0 Å². The molecule has 0 aliphatic rings. The van der Waals surface area contributed by atoms with E-state index in [1.807, 2.05) is 4.90 Å². The predicted octanol–water partition coefficient (Wildman–Crippen LogP) is 15.2. The maximum Gasteiger partial charge on any atom is 0.308 e. The molecule has 58 heavy (non-hydrogen) atoms. The smallest absolute Gasteiger partial charge is 0.308 e. The third kappa shape index (κ3) is 33.3. The van der Waals surface area contributed by atoms with Gasteiger partial charge in [0.05, 0.1) is 12.5 Å². The number of carbonyl (C=O) groups excluding carboxylic acids is 3. The molecule has 1 unspecified atom stereocenters. The molecule has 0 rings (SSSR count). The first-order chi connectivity index (χ1) is 28.2. The van der Waals surface area contributed by atoms with Gasteiger partial charge < -0.3 is 14.5 Å². The van der Waals surface area contributed by atoms with Gasteiger partial charge >= 0.3 is 5.97 Å². The minimum absolute atomic E-state index is 0.0455. The molecule has 6 heteroatoms. The van der Waals surface area contributed by atoms with E-state index in [1.54, 1.807) is 0 Å². The molecule has 0 N–H and O–H groups in total. The highest BCUT2D eigenvalue weighted by Gasteiger charge is 2.23. The predicted molar refractivity (Wildman–Crippen MR) is 252 cm³/mol. The number of carbonyl (C=O) groups is 3. The summed E-state index contributed by atoms with van der Waals surface area (Å²) in [6.07, 6.45) is 40.8. The van der Waals surface area contributed by atoms with Gasteiger partial charge in [0, 0.05) is 31.3 Å². The van der Waals surface area contributed by atoms with E-state index in [-0.39, 0.29) is 36.4 Å². The molecule has 0 fully saturated rings. The Labute approximate surface area is 362 Å². The molecular formula is C52H102N2O4. The molecule has 0 spiro atoms. The lowest BCUT2D eigenvalue weighted by Crippen LogP contribution is -2.40. The fraction of sp³-hybridized carbons (Fsp3) is 0.942. The van der Waals surface area contributed by atoms with Gasteiger partial charge in [-0.3, -0.25) is 14.4 Å². The van der Waals surface area contributed by atoms with Crippen molar-refractivity contribution < 1.29 is 19.1 Å². The summed E-state index contributed by atoms with van der Waals surface area (Å²) in [5.74, 6) is 0.530. The molecule has 0 aliphatic heterocycles. The average Bonchev–Trinajstić information content (AvgIpc) is 3.22. The van der Waals surface area contributed by atoms with Crippen LogP contribution in [0.3, 0.4) is 0 Å². The molecule has 0 aromatic carbocycles. The number of Topliss-reactive ketones (excluding diaryl/α,β-unsaturated/α-hetero) is 1. The largest absolute Gasteiger partial charge is 0.464 e. The molecule has 0 saturated heterocycles. The summed E-state index contributed by atoms with van der Waals surface area (Å²) in [6, 6.07) is 0.130. The van der Waals surface area contributed by atoms with Crippen molar-refractivity contribution in [1.29, 1.82) is 0 Å². The molecule has 6 nitrogen and oxygen atoms in total. The van der Waals surface area contributed by atoms with Crippen molar-refractivity contribution in [3.63, 3.8) is 0 Å². The number of ketones is 1. The summed E-state index contributed by atoms with van der Waals surface area (Å²) in [4.78, 5) is 45.2. The van der Waals surface area contributed by atoms with Gasteiger partial charge in [-0.15, -0.1) is 0 Å². The lowest BCUT2D eigenvalue weighted by atomic mass is 9.88. The van der Waals surface area contributed by atoms with Crippen LogP contribution in [-0.4, -0.2) is 66.8 Å². The maximum atomic E-state index is 13.8. The highest BCUT2D eigenvalue weighted by Crippen LogP contribution is 2.24. The van der Waals surface area contributed by atoms with Gasteiger partial charge in [0.1, 0.15) is 12.4 Å². The van der Waals surface area contributed by atoms with Crippen molar-refractivity contribution >= 4 is 17.7 Å². The van der Waals surface area contributed by atoms with Crippen molar-refractivity contribution in [2.45, 2.75) is 272 Å². The topological polar surface area (TPSA) is 66.9 Å². The maximum absolute atomic E-state index is 13.8. The van der Waals surface area contributed by atoms with Crippen LogP contribution in [0.2, 0.25) is 0 Å². The summed E-state index contributed by atoms with van der Waals surface area (Å²) in [6.45, 7) is 15.4. The molecule has 0 aliphatic carbocycles. The summed E-state index contributed by atoms with van der Waals surface area (Å²) in [7, 11) is 2.07. The summed E-state index contributed by atoms with van der Waals surface area (Å²) in [5.41, 5.74) is 0. The second-order valence-corrected chi connectivity index (χ2v) is 18.3. The Kier molecular flexibility index (Phi) is 41.2. The van der Waals surface area contributed by atoms with E-state index in [0.717, 1.165) is 57.9 Å². The van der Waals surface area contributed by atoms with Gasteiger partial charge in [0.15, 0.2) is 0 Å². The quantitative estimate of drug-likeness (QED) is 0.0452. The SMILES string of the molecule is CCCCCCCCCC(CCCCCCCCC)C(=O)CCCN(CCOC(=O)C(CCCCCCCCC)CCCCCCCCC)C(=O)CC(C)N(C)CC. The van der Waals surface area contributed by atoms with Crippen molar-refractivity contribution in [1.82, 2.24) is 9.80 Å². The van der Waals surface area contributed by atoms with Crippen LogP contribution in [0, 0.1) is 11.8 Å². The first kappa shape index (κ1) is 56.6. The molecule has 344 valence electrons. The molecule has 0 bridgehead atoms. The molecule has 0 aromatic rings. The molecule has 1 atom stereocenters. The minimum atomic E-state index is -0.0720. The van der Waals surface area contributed by atoms with E-state index in [0.29, 0.717) is 38.1 Å². The number of ether oxygens (including phenoxy) is 1. The van der Waals surface area contributed by atoms with Crippen LogP contribution in [0.25, 0.3) is 0 Å². The third-order valence-electron chi connectivity index (χ3n) is 12.9. The number of esters is 1. The number of hydrogen-bond donors (Lipinski definition) is 0. The summed E-state index contributed by atoms with van der Waals surface area (Å²) < 4.78 is 6.01. The van der Waals surface area contributed by atoms with Crippen LogP contribution in [-0.2, 0) is 19.1 Å².